The zero-order valence-corrected chi connectivity index (χ0v) is 9.50. The predicted octanol–water partition coefficient (Wildman–Crippen LogP) is 1.32. The second-order valence-corrected chi connectivity index (χ2v) is 4.38. The fraction of sp³-hybridized carbons (Fsp3) is 0.600. The summed E-state index contributed by atoms with van der Waals surface area (Å²) in [6.07, 6.45) is 3.32. The Hall–Kier alpha value is -1.52. The lowest BCUT2D eigenvalue weighted by Gasteiger charge is -2.12. The summed E-state index contributed by atoms with van der Waals surface area (Å²) in [5.74, 6) is -1.06. The first-order valence-electron chi connectivity index (χ1n) is 4.70. The van der Waals surface area contributed by atoms with Gasteiger partial charge in [0.2, 0.25) is 0 Å². The molecule has 0 aliphatic heterocycles. The minimum absolute atomic E-state index is 0.0221. The van der Waals surface area contributed by atoms with Crippen molar-refractivity contribution in [2.45, 2.75) is 33.7 Å². The molecule has 2 amide bonds. The van der Waals surface area contributed by atoms with Crippen LogP contribution in [0.4, 0.5) is 4.79 Å². The average Bonchev–Trinajstić information content (AvgIpc) is 2.01. The Morgan fingerprint density at radius 3 is 2.27 bits per heavy atom. The van der Waals surface area contributed by atoms with Crippen molar-refractivity contribution in [3.63, 3.8) is 0 Å². The third-order valence-electron chi connectivity index (χ3n) is 1.52. The number of allylic oxidation sites excluding steroid dienone is 1. The molecule has 1 unspecified atom stereocenters. The van der Waals surface area contributed by atoms with E-state index in [1.54, 1.807) is 0 Å². The van der Waals surface area contributed by atoms with Gasteiger partial charge in [0.1, 0.15) is 6.04 Å². The molecule has 0 aromatic heterocycles. The van der Waals surface area contributed by atoms with Crippen molar-refractivity contribution >= 4 is 12.0 Å². The first-order valence-corrected chi connectivity index (χ1v) is 4.70. The summed E-state index contributed by atoms with van der Waals surface area (Å²) in [6, 6.07) is -1.42. The molecule has 0 saturated carbocycles. The molecule has 0 saturated heterocycles. The third kappa shape index (κ3) is 7.54. The highest BCUT2D eigenvalue weighted by Gasteiger charge is 2.12. The van der Waals surface area contributed by atoms with Gasteiger partial charge >= 0.3 is 12.0 Å². The standard InChI is InChI=1S/C10H18N2O3/c1-7(8(13)14)12-9(15)11-6-5-10(2,3)4/h5-7H,1-4H3,(H,13,14)(H2,11,12,15)/b6-5+. The van der Waals surface area contributed by atoms with Crippen LogP contribution in [-0.4, -0.2) is 23.1 Å². The molecular weight excluding hydrogens is 196 g/mol. The highest BCUT2D eigenvalue weighted by molar-refractivity contribution is 5.82. The molecule has 0 spiro atoms. The highest BCUT2D eigenvalue weighted by Crippen LogP contribution is 2.13. The van der Waals surface area contributed by atoms with Crippen LogP contribution in [0.1, 0.15) is 27.7 Å². The molecule has 86 valence electrons. The first-order chi connectivity index (χ1) is 6.72. The summed E-state index contributed by atoms with van der Waals surface area (Å²) in [7, 11) is 0. The molecule has 3 N–H and O–H groups in total. The molecule has 0 aromatic carbocycles. The summed E-state index contributed by atoms with van der Waals surface area (Å²) in [4.78, 5) is 21.5. The second-order valence-electron chi connectivity index (χ2n) is 4.38. The number of carbonyl (C=O) groups excluding carboxylic acids is 1. The van der Waals surface area contributed by atoms with Crippen LogP contribution in [-0.2, 0) is 4.79 Å². The van der Waals surface area contributed by atoms with Gasteiger partial charge in [-0.25, -0.2) is 4.79 Å². The summed E-state index contributed by atoms with van der Waals surface area (Å²) in [6.45, 7) is 7.37. The molecule has 0 bridgehead atoms. The van der Waals surface area contributed by atoms with Crippen LogP contribution in [0.25, 0.3) is 0 Å². The molecule has 5 nitrogen and oxygen atoms in total. The number of carboxylic acid groups (broad SMARTS) is 1. The minimum atomic E-state index is -1.06. The smallest absolute Gasteiger partial charge is 0.325 e. The fourth-order valence-corrected chi connectivity index (χ4v) is 0.667. The molecule has 5 heteroatoms. The monoisotopic (exact) mass is 214 g/mol. The number of urea groups is 1. The molecule has 0 radical (unpaired) electrons. The summed E-state index contributed by atoms with van der Waals surface area (Å²) < 4.78 is 0. The van der Waals surface area contributed by atoms with Crippen molar-refractivity contribution in [1.29, 1.82) is 0 Å². The van der Waals surface area contributed by atoms with Gasteiger partial charge in [-0.3, -0.25) is 4.79 Å². The number of hydrogen-bond donors (Lipinski definition) is 3. The van der Waals surface area contributed by atoms with Gasteiger partial charge in [0.25, 0.3) is 0 Å². The van der Waals surface area contributed by atoms with E-state index in [9.17, 15) is 9.59 Å². The van der Waals surface area contributed by atoms with E-state index in [0.717, 1.165) is 0 Å². The van der Waals surface area contributed by atoms with Gasteiger partial charge in [0.15, 0.2) is 0 Å². The van der Waals surface area contributed by atoms with E-state index in [2.05, 4.69) is 10.6 Å². The number of carbonyl (C=O) groups is 2. The van der Waals surface area contributed by atoms with Gasteiger partial charge in [-0.2, -0.15) is 0 Å². The number of aliphatic carboxylic acids is 1. The fourth-order valence-electron chi connectivity index (χ4n) is 0.667. The van der Waals surface area contributed by atoms with Crippen molar-refractivity contribution in [3.8, 4) is 0 Å². The van der Waals surface area contributed by atoms with E-state index in [-0.39, 0.29) is 5.41 Å². The van der Waals surface area contributed by atoms with Crippen LogP contribution in [0.15, 0.2) is 12.3 Å². The lowest BCUT2D eigenvalue weighted by Crippen LogP contribution is -2.42. The van der Waals surface area contributed by atoms with Crippen LogP contribution in [0.3, 0.4) is 0 Å². The van der Waals surface area contributed by atoms with E-state index in [4.69, 9.17) is 5.11 Å². The van der Waals surface area contributed by atoms with Crippen molar-refractivity contribution in [2.24, 2.45) is 5.41 Å². The van der Waals surface area contributed by atoms with Crippen LogP contribution >= 0.6 is 0 Å². The quantitative estimate of drug-likeness (QED) is 0.663. The Bertz CT molecular complexity index is 266. The number of hydrogen-bond acceptors (Lipinski definition) is 2. The first kappa shape index (κ1) is 13.5. The summed E-state index contributed by atoms with van der Waals surface area (Å²) >= 11 is 0. The summed E-state index contributed by atoms with van der Waals surface area (Å²) in [5.41, 5.74) is -0.0221. The lowest BCUT2D eigenvalue weighted by molar-refractivity contribution is -0.138. The molecule has 15 heavy (non-hydrogen) atoms. The maximum absolute atomic E-state index is 11.1. The summed E-state index contributed by atoms with van der Waals surface area (Å²) in [5, 5.41) is 13.2. The largest absolute Gasteiger partial charge is 0.480 e. The van der Waals surface area contributed by atoms with Crippen LogP contribution in [0, 0.1) is 5.41 Å². The second kappa shape index (κ2) is 5.38. The maximum Gasteiger partial charge on any atom is 0.325 e. The third-order valence-corrected chi connectivity index (χ3v) is 1.52. The number of carboxylic acids is 1. The Balaban J connectivity index is 3.96. The Morgan fingerprint density at radius 1 is 1.33 bits per heavy atom. The van der Waals surface area contributed by atoms with Gasteiger partial charge in [0, 0.05) is 6.20 Å². The molecule has 0 fully saturated rings. The molecule has 0 aliphatic carbocycles. The zero-order valence-electron chi connectivity index (χ0n) is 9.50. The molecule has 0 heterocycles. The maximum atomic E-state index is 11.1. The van der Waals surface area contributed by atoms with Gasteiger partial charge < -0.3 is 15.7 Å². The van der Waals surface area contributed by atoms with Crippen LogP contribution in [0.5, 0.6) is 0 Å². The van der Waals surface area contributed by atoms with Gasteiger partial charge in [-0.1, -0.05) is 26.8 Å². The Kier molecular flexibility index (Phi) is 4.84. The van der Waals surface area contributed by atoms with Crippen LogP contribution < -0.4 is 10.6 Å². The lowest BCUT2D eigenvalue weighted by atomic mass is 9.97. The van der Waals surface area contributed by atoms with Gasteiger partial charge in [-0.15, -0.1) is 0 Å². The topological polar surface area (TPSA) is 78.4 Å². The molecule has 0 aliphatic rings. The van der Waals surface area contributed by atoms with E-state index >= 15 is 0 Å². The zero-order chi connectivity index (χ0) is 12.1. The van der Waals surface area contributed by atoms with Crippen molar-refractivity contribution in [2.75, 3.05) is 0 Å². The van der Waals surface area contributed by atoms with Gasteiger partial charge in [-0.05, 0) is 12.3 Å². The Morgan fingerprint density at radius 2 is 1.87 bits per heavy atom. The van der Waals surface area contributed by atoms with E-state index in [0.29, 0.717) is 0 Å². The number of nitrogens with one attached hydrogen (secondary N) is 2. The van der Waals surface area contributed by atoms with E-state index in [1.165, 1.54) is 13.1 Å². The normalized spacial score (nSPS) is 13.6. The van der Waals surface area contributed by atoms with Gasteiger partial charge in [0.05, 0.1) is 0 Å². The Labute approximate surface area is 89.6 Å². The number of rotatable bonds is 3. The average molecular weight is 214 g/mol. The SMILES string of the molecule is CC(NC(=O)N/C=C/C(C)(C)C)C(=O)O. The van der Waals surface area contributed by atoms with Crippen molar-refractivity contribution in [1.82, 2.24) is 10.6 Å². The predicted molar refractivity (Wildman–Crippen MR) is 57.4 cm³/mol. The van der Waals surface area contributed by atoms with E-state index < -0.39 is 18.0 Å². The minimum Gasteiger partial charge on any atom is -0.480 e. The molecule has 0 aromatic rings. The number of amides is 2. The van der Waals surface area contributed by atoms with E-state index in [1.807, 2.05) is 26.8 Å². The van der Waals surface area contributed by atoms with Crippen LogP contribution in [0.2, 0.25) is 0 Å². The molecular formula is C10H18N2O3. The highest BCUT2D eigenvalue weighted by atomic mass is 16.4. The molecule has 1 atom stereocenters. The molecule has 0 rings (SSSR count). The van der Waals surface area contributed by atoms with Crippen molar-refractivity contribution in [3.05, 3.63) is 12.3 Å². The van der Waals surface area contributed by atoms with Crippen molar-refractivity contribution < 1.29 is 14.7 Å².